The van der Waals surface area contributed by atoms with Crippen molar-refractivity contribution in [3.63, 3.8) is 0 Å². The number of unbranched alkanes of at least 4 members (excludes halogenated alkanes) is 1. The summed E-state index contributed by atoms with van der Waals surface area (Å²) in [5.74, 6) is 0.820. The molecule has 0 aromatic carbocycles. The maximum Gasteiger partial charge on any atom is 0.191 e. The monoisotopic (exact) mass is 334 g/mol. The topological polar surface area (TPSA) is 67.8 Å². The maximum absolute atomic E-state index is 5.76. The van der Waals surface area contributed by atoms with Crippen LogP contribution in [0.2, 0.25) is 0 Å². The van der Waals surface area contributed by atoms with Gasteiger partial charge in [-0.1, -0.05) is 6.07 Å². The number of ether oxygens (including phenoxy) is 2. The summed E-state index contributed by atoms with van der Waals surface area (Å²) >= 11 is 0. The molecule has 1 fully saturated rings. The molecule has 0 saturated carbocycles. The van der Waals surface area contributed by atoms with Crippen molar-refractivity contribution < 1.29 is 9.47 Å². The molecule has 6 nitrogen and oxygen atoms in total. The Morgan fingerprint density at radius 1 is 1.46 bits per heavy atom. The third-order valence-electron chi connectivity index (χ3n) is 4.08. The van der Waals surface area contributed by atoms with Gasteiger partial charge in [0.05, 0.1) is 24.4 Å². The molecule has 2 unspecified atom stereocenters. The standard InChI is InChI=1S/C18H30N4O2/c1-15(17-9-7-13-24-17)22-18(20-11-5-6-12-23-2)21-14-16-8-3-4-10-19-16/h3-4,8,10,15,17H,5-7,9,11-14H2,1-2H3,(H2,20,21,22). The minimum atomic E-state index is 0.237. The van der Waals surface area contributed by atoms with Crippen LogP contribution in [0.15, 0.2) is 29.4 Å². The molecule has 24 heavy (non-hydrogen) atoms. The van der Waals surface area contributed by atoms with Crippen molar-refractivity contribution in [3.05, 3.63) is 30.1 Å². The molecule has 1 aromatic heterocycles. The molecule has 2 atom stereocenters. The number of aromatic nitrogens is 1. The Morgan fingerprint density at radius 3 is 3.08 bits per heavy atom. The fourth-order valence-corrected chi connectivity index (χ4v) is 2.69. The Hall–Kier alpha value is -1.66. The van der Waals surface area contributed by atoms with Crippen LogP contribution in [-0.2, 0) is 16.0 Å². The lowest BCUT2D eigenvalue weighted by molar-refractivity contribution is 0.0890. The number of methoxy groups -OCH3 is 1. The van der Waals surface area contributed by atoms with E-state index in [0.717, 1.165) is 57.1 Å². The van der Waals surface area contributed by atoms with E-state index in [2.05, 4.69) is 27.5 Å². The maximum atomic E-state index is 5.76. The SMILES string of the molecule is COCCCCNC(=NCc1ccccn1)NC(C)C1CCCO1. The van der Waals surface area contributed by atoms with Crippen molar-refractivity contribution in [2.24, 2.45) is 4.99 Å². The van der Waals surface area contributed by atoms with Crippen LogP contribution in [0, 0.1) is 0 Å². The highest BCUT2D eigenvalue weighted by Gasteiger charge is 2.22. The summed E-state index contributed by atoms with van der Waals surface area (Å²) in [6, 6.07) is 6.13. The summed E-state index contributed by atoms with van der Waals surface area (Å²) in [4.78, 5) is 8.99. The minimum Gasteiger partial charge on any atom is -0.385 e. The van der Waals surface area contributed by atoms with E-state index in [0.29, 0.717) is 6.54 Å². The van der Waals surface area contributed by atoms with Crippen LogP contribution in [0.4, 0.5) is 0 Å². The molecule has 2 heterocycles. The van der Waals surface area contributed by atoms with E-state index < -0.39 is 0 Å². The van der Waals surface area contributed by atoms with Gasteiger partial charge < -0.3 is 20.1 Å². The van der Waals surface area contributed by atoms with Gasteiger partial charge in [0.1, 0.15) is 0 Å². The van der Waals surface area contributed by atoms with Gasteiger partial charge in [0.15, 0.2) is 5.96 Å². The molecule has 2 rings (SSSR count). The average molecular weight is 334 g/mol. The summed E-state index contributed by atoms with van der Waals surface area (Å²) in [5, 5.41) is 6.88. The molecule has 134 valence electrons. The van der Waals surface area contributed by atoms with Gasteiger partial charge in [0.2, 0.25) is 0 Å². The van der Waals surface area contributed by atoms with Crippen molar-refractivity contribution in [2.45, 2.75) is 51.3 Å². The molecule has 1 aliphatic heterocycles. The highest BCUT2D eigenvalue weighted by atomic mass is 16.5. The Balaban J connectivity index is 1.86. The number of nitrogens with zero attached hydrogens (tertiary/aromatic N) is 2. The van der Waals surface area contributed by atoms with Crippen molar-refractivity contribution >= 4 is 5.96 Å². The zero-order chi connectivity index (χ0) is 17.0. The van der Waals surface area contributed by atoms with Crippen LogP contribution in [0.5, 0.6) is 0 Å². The fourth-order valence-electron chi connectivity index (χ4n) is 2.69. The van der Waals surface area contributed by atoms with Gasteiger partial charge in [0, 0.05) is 33.1 Å². The van der Waals surface area contributed by atoms with Gasteiger partial charge in [-0.15, -0.1) is 0 Å². The van der Waals surface area contributed by atoms with Crippen molar-refractivity contribution in [3.8, 4) is 0 Å². The third kappa shape index (κ3) is 6.84. The lowest BCUT2D eigenvalue weighted by Crippen LogP contribution is -2.47. The molecule has 0 radical (unpaired) electrons. The third-order valence-corrected chi connectivity index (χ3v) is 4.08. The molecule has 0 spiro atoms. The first-order valence-electron chi connectivity index (χ1n) is 8.85. The van der Waals surface area contributed by atoms with Crippen molar-refractivity contribution in [1.29, 1.82) is 0 Å². The second-order valence-corrected chi connectivity index (χ2v) is 6.10. The predicted molar refractivity (Wildman–Crippen MR) is 96.1 cm³/mol. The highest BCUT2D eigenvalue weighted by Crippen LogP contribution is 2.15. The molecular formula is C18H30N4O2. The number of aliphatic imine (C=N–C) groups is 1. The Bertz CT molecular complexity index is 475. The fraction of sp³-hybridized carbons (Fsp3) is 0.667. The van der Waals surface area contributed by atoms with Gasteiger partial charge in [-0.3, -0.25) is 4.98 Å². The normalized spacial score (nSPS) is 19.2. The molecular weight excluding hydrogens is 304 g/mol. The first kappa shape index (κ1) is 18.7. The Labute approximate surface area is 145 Å². The zero-order valence-electron chi connectivity index (χ0n) is 14.8. The van der Waals surface area contributed by atoms with E-state index in [1.165, 1.54) is 0 Å². The number of hydrogen-bond donors (Lipinski definition) is 2. The summed E-state index contributed by atoms with van der Waals surface area (Å²) in [6.45, 7) is 5.24. The van der Waals surface area contributed by atoms with Crippen LogP contribution in [-0.4, -0.2) is 50.0 Å². The second-order valence-electron chi connectivity index (χ2n) is 6.10. The number of rotatable bonds is 9. The van der Waals surface area contributed by atoms with Crippen LogP contribution >= 0.6 is 0 Å². The van der Waals surface area contributed by atoms with Gasteiger partial charge in [-0.25, -0.2) is 4.99 Å². The lowest BCUT2D eigenvalue weighted by atomic mass is 10.1. The summed E-state index contributed by atoms with van der Waals surface area (Å²) in [5.41, 5.74) is 0.961. The molecule has 1 aromatic rings. The first-order valence-corrected chi connectivity index (χ1v) is 8.85. The molecule has 2 N–H and O–H groups in total. The van der Waals surface area contributed by atoms with E-state index in [1.54, 1.807) is 13.3 Å². The van der Waals surface area contributed by atoms with Gasteiger partial charge >= 0.3 is 0 Å². The van der Waals surface area contributed by atoms with Crippen LogP contribution < -0.4 is 10.6 Å². The summed E-state index contributed by atoms with van der Waals surface area (Å²) in [7, 11) is 1.73. The van der Waals surface area contributed by atoms with Crippen LogP contribution in [0.25, 0.3) is 0 Å². The molecule has 0 amide bonds. The highest BCUT2D eigenvalue weighted by molar-refractivity contribution is 5.80. The van der Waals surface area contributed by atoms with E-state index in [9.17, 15) is 0 Å². The predicted octanol–water partition coefficient (Wildman–Crippen LogP) is 2.11. The lowest BCUT2D eigenvalue weighted by Gasteiger charge is -2.23. The molecule has 1 aliphatic rings. The Kier molecular flexibility index (Phi) is 8.55. The van der Waals surface area contributed by atoms with E-state index in [4.69, 9.17) is 9.47 Å². The molecule has 6 heteroatoms. The zero-order valence-corrected chi connectivity index (χ0v) is 14.8. The summed E-state index contributed by atoms with van der Waals surface area (Å²) < 4.78 is 10.8. The number of pyridine rings is 1. The van der Waals surface area contributed by atoms with Crippen molar-refractivity contribution in [1.82, 2.24) is 15.6 Å². The van der Waals surface area contributed by atoms with E-state index in [-0.39, 0.29) is 12.1 Å². The van der Waals surface area contributed by atoms with Crippen LogP contribution in [0.3, 0.4) is 0 Å². The van der Waals surface area contributed by atoms with E-state index in [1.807, 2.05) is 18.2 Å². The number of nitrogens with one attached hydrogen (secondary N) is 2. The summed E-state index contributed by atoms with van der Waals surface area (Å²) in [6.07, 6.45) is 6.40. The van der Waals surface area contributed by atoms with Crippen molar-refractivity contribution in [2.75, 3.05) is 26.9 Å². The average Bonchev–Trinajstić information content (AvgIpc) is 3.15. The van der Waals surface area contributed by atoms with Gasteiger partial charge in [-0.05, 0) is 44.7 Å². The molecule has 0 aliphatic carbocycles. The Morgan fingerprint density at radius 2 is 2.38 bits per heavy atom. The minimum absolute atomic E-state index is 0.237. The number of guanidine groups is 1. The second kappa shape index (κ2) is 11.0. The molecule has 1 saturated heterocycles. The first-order chi connectivity index (χ1) is 11.8. The van der Waals surface area contributed by atoms with Gasteiger partial charge in [0.25, 0.3) is 0 Å². The van der Waals surface area contributed by atoms with Gasteiger partial charge in [-0.2, -0.15) is 0 Å². The number of hydrogen-bond acceptors (Lipinski definition) is 4. The smallest absolute Gasteiger partial charge is 0.191 e. The molecule has 0 bridgehead atoms. The van der Waals surface area contributed by atoms with Crippen LogP contribution in [0.1, 0.15) is 38.3 Å². The van der Waals surface area contributed by atoms with E-state index >= 15 is 0 Å². The quantitative estimate of drug-likeness (QED) is 0.411. The largest absolute Gasteiger partial charge is 0.385 e.